The standard InChI is InChI=1S/C29H50O3.C3H8/c1-17(2)19-14-25(32-26(31)15-19)18(3)21-9-10-22-27-23(11-13-29(21,22)5)28(4)12-7-6-8-20(28)16-24(27)30;1-3-2/h17-27,30-31H,6-16H2,1-5H3;3H2,1-2H3. The summed E-state index contributed by atoms with van der Waals surface area (Å²) in [7, 11) is 0. The Balaban J connectivity index is 0.000000917. The molecule has 0 aromatic rings. The van der Waals surface area contributed by atoms with Crippen LogP contribution in [0.5, 0.6) is 0 Å². The Hall–Kier alpha value is -0.120. The van der Waals surface area contributed by atoms with Crippen molar-refractivity contribution < 1.29 is 14.9 Å². The molecule has 5 aliphatic rings. The van der Waals surface area contributed by atoms with Gasteiger partial charge < -0.3 is 14.9 Å². The van der Waals surface area contributed by atoms with Crippen molar-refractivity contribution in [1.82, 2.24) is 0 Å². The Morgan fingerprint density at radius 3 is 2.20 bits per heavy atom. The van der Waals surface area contributed by atoms with Gasteiger partial charge in [0, 0.05) is 6.42 Å². The summed E-state index contributed by atoms with van der Waals surface area (Å²) in [5, 5.41) is 21.9. The third kappa shape index (κ3) is 5.01. The number of rotatable bonds is 3. The topological polar surface area (TPSA) is 49.7 Å². The van der Waals surface area contributed by atoms with Crippen LogP contribution in [0.2, 0.25) is 0 Å². The van der Waals surface area contributed by atoms with E-state index < -0.39 is 6.29 Å². The van der Waals surface area contributed by atoms with Gasteiger partial charge >= 0.3 is 0 Å². The first-order valence-corrected chi connectivity index (χ1v) is 15.6. The van der Waals surface area contributed by atoms with Crippen LogP contribution in [0.4, 0.5) is 0 Å². The quantitative estimate of drug-likeness (QED) is 0.424. The summed E-state index contributed by atoms with van der Waals surface area (Å²) in [6.45, 7) is 16.4. The fourth-order valence-electron chi connectivity index (χ4n) is 10.3. The zero-order chi connectivity index (χ0) is 25.5. The lowest BCUT2D eigenvalue weighted by Crippen LogP contribution is -2.58. The fourth-order valence-corrected chi connectivity index (χ4v) is 10.3. The van der Waals surface area contributed by atoms with Crippen LogP contribution in [-0.2, 0) is 4.74 Å². The summed E-state index contributed by atoms with van der Waals surface area (Å²) in [6, 6.07) is 0. The molecule has 5 fully saturated rings. The molecule has 4 aliphatic carbocycles. The van der Waals surface area contributed by atoms with Gasteiger partial charge in [0.2, 0.25) is 0 Å². The monoisotopic (exact) mass is 490 g/mol. The van der Waals surface area contributed by atoms with Gasteiger partial charge in [-0.05, 0) is 110 Å². The Morgan fingerprint density at radius 1 is 0.829 bits per heavy atom. The highest BCUT2D eigenvalue weighted by Crippen LogP contribution is 2.68. The maximum Gasteiger partial charge on any atom is 0.155 e. The molecule has 12 unspecified atom stereocenters. The highest BCUT2D eigenvalue weighted by atomic mass is 16.6. The van der Waals surface area contributed by atoms with Crippen LogP contribution >= 0.6 is 0 Å². The van der Waals surface area contributed by atoms with Gasteiger partial charge in [-0.25, -0.2) is 0 Å². The van der Waals surface area contributed by atoms with Crippen molar-refractivity contribution in [1.29, 1.82) is 0 Å². The van der Waals surface area contributed by atoms with Crippen LogP contribution in [0.3, 0.4) is 0 Å². The molecule has 1 aliphatic heterocycles. The van der Waals surface area contributed by atoms with Gasteiger partial charge in [0.15, 0.2) is 6.29 Å². The minimum atomic E-state index is -0.590. The molecule has 0 radical (unpaired) electrons. The molecule has 35 heavy (non-hydrogen) atoms. The van der Waals surface area contributed by atoms with Gasteiger partial charge in [0.1, 0.15) is 0 Å². The van der Waals surface area contributed by atoms with Crippen LogP contribution in [0, 0.1) is 58.2 Å². The Kier molecular flexibility index (Phi) is 8.72. The fraction of sp³-hybridized carbons (Fsp3) is 1.00. The summed E-state index contributed by atoms with van der Waals surface area (Å²) in [4.78, 5) is 0. The first-order valence-electron chi connectivity index (χ1n) is 15.6. The maximum atomic E-state index is 11.5. The van der Waals surface area contributed by atoms with E-state index in [1.165, 1.54) is 57.8 Å². The zero-order valence-electron chi connectivity index (χ0n) is 24.1. The first kappa shape index (κ1) is 27.9. The van der Waals surface area contributed by atoms with E-state index in [1.807, 2.05) is 0 Å². The third-order valence-electron chi connectivity index (χ3n) is 12.2. The van der Waals surface area contributed by atoms with Gasteiger partial charge in [-0.2, -0.15) is 0 Å². The molecule has 3 heteroatoms. The lowest BCUT2D eigenvalue weighted by molar-refractivity contribution is -0.207. The van der Waals surface area contributed by atoms with Gasteiger partial charge in [0.25, 0.3) is 0 Å². The van der Waals surface area contributed by atoms with Crippen molar-refractivity contribution in [2.75, 3.05) is 0 Å². The Bertz CT molecular complexity index is 692. The smallest absolute Gasteiger partial charge is 0.155 e. The first-order chi connectivity index (χ1) is 16.6. The summed E-state index contributed by atoms with van der Waals surface area (Å²) in [5.41, 5.74) is 0.784. The van der Waals surface area contributed by atoms with E-state index in [1.54, 1.807) is 0 Å². The van der Waals surface area contributed by atoms with Crippen LogP contribution in [0.1, 0.15) is 126 Å². The molecular formula is C32H58O3. The van der Waals surface area contributed by atoms with E-state index in [9.17, 15) is 10.2 Å². The van der Waals surface area contributed by atoms with Crippen LogP contribution in [0.25, 0.3) is 0 Å². The minimum Gasteiger partial charge on any atom is -0.393 e. The SMILES string of the molecule is CC(C)C1CC(O)OC(C(C)C2CCC3C4C(O)CC5CCCCC5(C)C4CCC23C)C1.CCC. The van der Waals surface area contributed by atoms with E-state index in [-0.39, 0.29) is 12.2 Å². The number of hydrogen-bond acceptors (Lipinski definition) is 3. The van der Waals surface area contributed by atoms with Gasteiger partial charge in [-0.1, -0.05) is 67.7 Å². The maximum absolute atomic E-state index is 11.5. The average Bonchev–Trinajstić information content (AvgIpc) is 3.16. The zero-order valence-corrected chi connectivity index (χ0v) is 24.1. The van der Waals surface area contributed by atoms with Crippen LogP contribution in [-0.4, -0.2) is 28.7 Å². The molecule has 12 atom stereocenters. The second kappa shape index (κ2) is 10.9. The molecular weight excluding hydrogens is 432 g/mol. The predicted octanol–water partition coefficient (Wildman–Crippen LogP) is 7.83. The third-order valence-corrected chi connectivity index (χ3v) is 12.2. The van der Waals surface area contributed by atoms with Gasteiger partial charge in [-0.3, -0.25) is 0 Å². The Labute approximate surface area is 217 Å². The van der Waals surface area contributed by atoms with E-state index in [4.69, 9.17) is 4.74 Å². The van der Waals surface area contributed by atoms with Gasteiger partial charge in [0.05, 0.1) is 12.2 Å². The van der Waals surface area contributed by atoms with E-state index in [0.717, 1.165) is 31.1 Å². The van der Waals surface area contributed by atoms with Crippen molar-refractivity contribution in [3.05, 3.63) is 0 Å². The van der Waals surface area contributed by atoms with E-state index in [2.05, 4.69) is 48.5 Å². The van der Waals surface area contributed by atoms with Crippen LogP contribution < -0.4 is 0 Å². The molecule has 0 spiro atoms. The summed E-state index contributed by atoms with van der Waals surface area (Å²) < 4.78 is 6.19. The van der Waals surface area contributed by atoms with Crippen molar-refractivity contribution in [3.63, 3.8) is 0 Å². The predicted molar refractivity (Wildman–Crippen MR) is 145 cm³/mol. The lowest BCUT2D eigenvalue weighted by atomic mass is 9.44. The van der Waals surface area contributed by atoms with Crippen molar-refractivity contribution >= 4 is 0 Å². The summed E-state index contributed by atoms with van der Waals surface area (Å²) >= 11 is 0. The normalized spacial score (nSPS) is 50.4. The lowest BCUT2D eigenvalue weighted by Gasteiger charge is -2.62. The molecule has 1 saturated heterocycles. The largest absolute Gasteiger partial charge is 0.393 e. The molecule has 4 saturated carbocycles. The number of hydrogen-bond donors (Lipinski definition) is 2. The highest BCUT2D eigenvalue weighted by Gasteiger charge is 2.63. The average molecular weight is 491 g/mol. The second-order valence-electron chi connectivity index (χ2n) is 14.4. The number of fused-ring (bicyclic) bond motifs is 5. The second-order valence-corrected chi connectivity index (χ2v) is 14.4. The van der Waals surface area contributed by atoms with E-state index in [0.29, 0.717) is 46.3 Å². The molecule has 0 aromatic carbocycles. The summed E-state index contributed by atoms with van der Waals surface area (Å²) in [5.74, 6) is 4.95. The number of aliphatic hydroxyl groups is 2. The molecule has 2 N–H and O–H groups in total. The minimum absolute atomic E-state index is 0.0899. The molecule has 0 bridgehead atoms. The van der Waals surface area contributed by atoms with Crippen molar-refractivity contribution in [2.45, 2.75) is 144 Å². The summed E-state index contributed by atoms with van der Waals surface area (Å²) in [6.07, 6.45) is 14.4. The number of ether oxygens (including phenoxy) is 1. The van der Waals surface area contributed by atoms with Crippen LogP contribution in [0.15, 0.2) is 0 Å². The molecule has 0 aromatic heterocycles. The van der Waals surface area contributed by atoms with Gasteiger partial charge in [-0.15, -0.1) is 0 Å². The molecule has 5 rings (SSSR count). The molecule has 3 nitrogen and oxygen atoms in total. The molecule has 204 valence electrons. The van der Waals surface area contributed by atoms with Crippen molar-refractivity contribution in [3.8, 4) is 0 Å². The highest BCUT2D eigenvalue weighted by molar-refractivity contribution is 5.11. The van der Waals surface area contributed by atoms with E-state index >= 15 is 0 Å². The molecule has 1 heterocycles. The Morgan fingerprint density at radius 2 is 1.51 bits per heavy atom. The van der Waals surface area contributed by atoms with Crippen molar-refractivity contribution in [2.24, 2.45) is 58.2 Å². The molecule has 0 amide bonds. The number of aliphatic hydroxyl groups excluding tert-OH is 2.